The van der Waals surface area contributed by atoms with Crippen LogP contribution in [0.1, 0.15) is 17.3 Å². The van der Waals surface area contributed by atoms with Crippen molar-refractivity contribution in [3.05, 3.63) is 72.3 Å². The van der Waals surface area contributed by atoms with Crippen molar-refractivity contribution in [3.63, 3.8) is 0 Å². The molecule has 6 heteroatoms. The van der Waals surface area contributed by atoms with E-state index in [1.54, 1.807) is 37.4 Å². The summed E-state index contributed by atoms with van der Waals surface area (Å²) in [4.78, 5) is 14.4. The fourth-order valence-corrected chi connectivity index (χ4v) is 2.57. The number of carbonyl (C=O) groups excluding carboxylic acids is 1. The average Bonchev–Trinajstić information content (AvgIpc) is 2.70. The first-order valence-electron chi connectivity index (χ1n) is 8.33. The molecule has 0 bridgehead atoms. The summed E-state index contributed by atoms with van der Waals surface area (Å²) in [6.45, 7) is 2.81. The molecule has 132 valence electrons. The molecule has 0 radical (unpaired) electrons. The second-order valence-corrected chi connectivity index (χ2v) is 5.54. The van der Waals surface area contributed by atoms with Gasteiger partial charge in [0.2, 0.25) is 0 Å². The van der Waals surface area contributed by atoms with Crippen LogP contribution in [-0.4, -0.2) is 29.8 Å². The highest BCUT2D eigenvalue weighted by Gasteiger charge is 2.11. The van der Waals surface area contributed by atoms with E-state index in [0.717, 1.165) is 18.1 Å². The molecule has 0 aliphatic heterocycles. The second kappa shape index (κ2) is 8.11. The number of ether oxygens (including phenoxy) is 1. The highest BCUT2D eigenvalue weighted by atomic mass is 16.5. The van der Waals surface area contributed by atoms with Gasteiger partial charge >= 0.3 is 0 Å². The van der Waals surface area contributed by atoms with E-state index in [1.807, 2.05) is 48.2 Å². The van der Waals surface area contributed by atoms with Crippen molar-refractivity contribution in [3.8, 4) is 5.75 Å². The van der Waals surface area contributed by atoms with Crippen LogP contribution in [0.3, 0.4) is 0 Å². The maximum Gasteiger partial charge on any atom is 0.256 e. The summed E-state index contributed by atoms with van der Waals surface area (Å²) in [5.74, 6) is 1.48. The number of hydrogen-bond acceptors (Lipinski definition) is 5. The first kappa shape index (κ1) is 17.4. The molecule has 3 rings (SSSR count). The summed E-state index contributed by atoms with van der Waals surface area (Å²) in [7, 11) is 1.56. The molecule has 1 amide bonds. The zero-order chi connectivity index (χ0) is 18.4. The third kappa shape index (κ3) is 3.97. The largest absolute Gasteiger partial charge is 0.497 e. The Balaban J connectivity index is 1.74. The molecular weight excluding hydrogens is 328 g/mol. The summed E-state index contributed by atoms with van der Waals surface area (Å²) in [5.41, 5.74) is 1.53. The Bertz CT molecular complexity index is 866. The summed E-state index contributed by atoms with van der Waals surface area (Å²) in [6, 6.07) is 20.5. The van der Waals surface area contributed by atoms with Crippen LogP contribution in [0.2, 0.25) is 0 Å². The molecule has 3 aromatic rings. The molecule has 0 saturated heterocycles. The van der Waals surface area contributed by atoms with E-state index < -0.39 is 0 Å². The van der Waals surface area contributed by atoms with E-state index in [-0.39, 0.29) is 5.91 Å². The molecule has 1 N–H and O–H groups in total. The van der Waals surface area contributed by atoms with Gasteiger partial charge in [0, 0.05) is 17.8 Å². The van der Waals surface area contributed by atoms with Gasteiger partial charge in [0.05, 0.1) is 7.11 Å². The highest BCUT2D eigenvalue weighted by molar-refractivity contribution is 6.04. The fourth-order valence-electron chi connectivity index (χ4n) is 2.57. The van der Waals surface area contributed by atoms with Crippen molar-refractivity contribution in [2.75, 3.05) is 23.9 Å². The Morgan fingerprint density at radius 1 is 1.04 bits per heavy atom. The molecule has 26 heavy (non-hydrogen) atoms. The van der Waals surface area contributed by atoms with Crippen molar-refractivity contribution in [2.45, 2.75) is 6.92 Å². The van der Waals surface area contributed by atoms with E-state index in [4.69, 9.17) is 4.74 Å². The van der Waals surface area contributed by atoms with Crippen LogP contribution in [0.5, 0.6) is 5.75 Å². The number of amides is 1. The average molecular weight is 348 g/mol. The molecule has 0 unspecified atom stereocenters. The maximum atomic E-state index is 12.3. The van der Waals surface area contributed by atoms with Crippen LogP contribution >= 0.6 is 0 Å². The Kier molecular flexibility index (Phi) is 5.43. The van der Waals surface area contributed by atoms with Gasteiger partial charge in [0.15, 0.2) is 11.6 Å². The Morgan fingerprint density at radius 2 is 1.85 bits per heavy atom. The zero-order valence-corrected chi connectivity index (χ0v) is 14.7. The Hall–Kier alpha value is -3.41. The summed E-state index contributed by atoms with van der Waals surface area (Å²) in [6.07, 6.45) is 0. The maximum absolute atomic E-state index is 12.3. The lowest BCUT2D eigenvalue weighted by Crippen LogP contribution is -2.18. The quantitative estimate of drug-likeness (QED) is 0.732. The number of aromatic nitrogens is 2. The number of hydrogen-bond donors (Lipinski definition) is 1. The van der Waals surface area contributed by atoms with Gasteiger partial charge in [-0.05, 0) is 49.4 Å². The fraction of sp³-hybridized carbons (Fsp3) is 0.150. The predicted molar refractivity (Wildman–Crippen MR) is 102 cm³/mol. The Morgan fingerprint density at radius 3 is 2.50 bits per heavy atom. The van der Waals surface area contributed by atoms with Gasteiger partial charge < -0.3 is 15.0 Å². The molecule has 1 heterocycles. The number of nitrogens with zero attached hydrogens (tertiary/aromatic N) is 3. The third-order valence-corrected chi connectivity index (χ3v) is 3.88. The van der Waals surface area contributed by atoms with Crippen molar-refractivity contribution < 1.29 is 9.53 Å². The van der Waals surface area contributed by atoms with E-state index in [2.05, 4.69) is 15.5 Å². The number of nitrogens with one attached hydrogen (secondary N) is 1. The van der Waals surface area contributed by atoms with E-state index in [0.29, 0.717) is 17.1 Å². The number of rotatable bonds is 6. The number of methoxy groups -OCH3 is 1. The van der Waals surface area contributed by atoms with E-state index >= 15 is 0 Å². The van der Waals surface area contributed by atoms with E-state index in [1.165, 1.54) is 0 Å². The molecule has 1 aromatic heterocycles. The van der Waals surface area contributed by atoms with Crippen LogP contribution in [0.25, 0.3) is 0 Å². The molecule has 6 nitrogen and oxygen atoms in total. The standard InChI is InChI=1S/C20H20N4O2/c1-3-24(16-9-5-4-6-10-16)19-13-12-18(22-23-19)21-20(25)15-8-7-11-17(14-15)26-2/h4-14H,3H2,1-2H3,(H,21,22,25). The highest BCUT2D eigenvalue weighted by Crippen LogP contribution is 2.23. The monoisotopic (exact) mass is 348 g/mol. The van der Waals surface area contributed by atoms with Crippen LogP contribution in [0.15, 0.2) is 66.7 Å². The van der Waals surface area contributed by atoms with Crippen LogP contribution in [0.4, 0.5) is 17.3 Å². The molecule has 0 saturated carbocycles. The van der Waals surface area contributed by atoms with Crippen LogP contribution in [0, 0.1) is 0 Å². The number of anilines is 3. The SMILES string of the molecule is CCN(c1ccccc1)c1ccc(NC(=O)c2cccc(OC)c2)nn1. The van der Waals surface area contributed by atoms with Gasteiger partial charge in [-0.15, -0.1) is 10.2 Å². The smallest absolute Gasteiger partial charge is 0.256 e. The van der Waals surface area contributed by atoms with Gasteiger partial charge in [0.1, 0.15) is 5.75 Å². The summed E-state index contributed by atoms with van der Waals surface area (Å²) >= 11 is 0. The van der Waals surface area contributed by atoms with E-state index in [9.17, 15) is 4.79 Å². The lowest BCUT2D eigenvalue weighted by molar-refractivity contribution is 0.102. The van der Waals surface area contributed by atoms with Crippen molar-refractivity contribution >= 4 is 23.2 Å². The molecule has 0 fully saturated rings. The van der Waals surface area contributed by atoms with Crippen LogP contribution in [-0.2, 0) is 0 Å². The lowest BCUT2D eigenvalue weighted by Gasteiger charge is -2.21. The molecule has 0 aliphatic carbocycles. The Labute approximate surface area is 152 Å². The first-order valence-corrected chi connectivity index (χ1v) is 8.33. The van der Waals surface area contributed by atoms with Gasteiger partial charge in [-0.2, -0.15) is 0 Å². The number of carbonyl (C=O) groups is 1. The van der Waals surface area contributed by atoms with Crippen molar-refractivity contribution in [1.82, 2.24) is 10.2 Å². The van der Waals surface area contributed by atoms with Crippen molar-refractivity contribution in [2.24, 2.45) is 0 Å². The second-order valence-electron chi connectivity index (χ2n) is 5.54. The zero-order valence-electron chi connectivity index (χ0n) is 14.7. The van der Waals surface area contributed by atoms with Crippen LogP contribution < -0.4 is 15.0 Å². The first-order chi connectivity index (χ1) is 12.7. The van der Waals surface area contributed by atoms with Crippen molar-refractivity contribution in [1.29, 1.82) is 0 Å². The minimum Gasteiger partial charge on any atom is -0.497 e. The topological polar surface area (TPSA) is 67.4 Å². The molecule has 0 spiro atoms. The summed E-state index contributed by atoms with van der Waals surface area (Å²) < 4.78 is 5.14. The lowest BCUT2D eigenvalue weighted by atomic mass is 10.2. The predicted octanol–water partition coefficient (Wildman–Crippen LogP) is 3.90. The minimum atomic E-state index is -0.263. The van der Waals surface area contributed by atoms with Gasteiger partial charge in [-0.3, -0.25) is 4.79 Å². The molecule has 0 aliphatic rings. The number of para-hydroxylation sites is 1. The molecule has 0 atom stereocenters. The van der Waals surface area contributed by atoms with Gasteiger partial charge in [-0.25, -0.2) is 0 Å². The van der Waals surface area contributed by atoms with Gasteiger partial charge in [0.25, 0.3) is 5.91 Å². The third-order valence-electron chi connectivity index (χ3n) is 3.88. The van der Waals surface area contributed by atoms with Gasteiger partial charge in [-0.1, -0.05) is 24.3 Å². The normalized spacial score (nSPS) is 10.2. The number of benzene rings is 2. The summed E-state index contributed by atoms with van der Waals surface area (Å²) in [5, 5.41) is 11.1. The molecule has 2 aromatic carbocycles. The molecular formula is C20H20N4O2. The minimum absolute atomic E-state index is 0.263.